The van der Waals surface area contributed by atoms with Crippen molar-refractivity contribution in [3.63, 3.8) is 0 Å². The molecule has 0 amide bonds. The number of nitro benzene ring substituents is 1. The molecular formula is C15H15N3O3. The molecule has 0 N–H and O–H groups in total. The Balaban J connectivity index is 2.21. The van der Waals surface area contributed by atoms with E-state index >= 15 is 0 Å². The Kier molecular flexibility index (Phi) is 4.27. The lowest BCUT2D eigenvalue weighted by atomic mass is 10.1. The van der Waals surface area contributed by atoms with E-state index in [1.54, 1.807) is 29.1 Å². The van der Waals surface area contributed by atoms with Gasteiger partial charge in [0, 0.05) is 18.3 Å². The largest absolute Gasteiger partial charge is 0.289 e. The molecule has 0 spiro atoms. The molecule has 0 bridgehead atoms. The third-order valence-electron chi connectivity index (χ3n) is 2.96. The molecule has 0 aliphatic rings. The lowest BCUT2D eigenvalue weighted by Crippen LogP contribution is -2.00. The van der Waals surface area contributed by atoms with Crippen molar-refractivity contribution in [2.45, 2.75) is 19.9 Å². The summed E-state index contributed by atoms with van der Waals surface area (Å²) in [6, 6.07) is 6.45. The highest BCUT2D eigenvalue weighted by Gasteiger charge is 2.11. The molecule has 0 saturated heterocycles. The predicted molar refractivity (Wildman–Crippen MR) is 79.1 cm³/mol. The summed E-state index contributed by atoms with van der Waals surface area (Å²) in [5.41, 5.74) is 0.824. The highest BCUT2D eigenvalue weighted by molar-refractivity contribution is 6.06. The normalized spacial score (nSPS) is 11.2. The van der Waals surface area contributed by atoms with Crippen LogP contribution in [0.5, 0.6) is 0 Å². The fourth-order valence-electron chi connectivity index (χ4n) is 1.80. The SMILES string of the molecule is CC(C)n1cc(C(=O)C=Cc2ccccc2[N+](=O)[O-])cn1. The minimum Gasteiger partial charge on any atom is -0.289 e. The molecule has 0 aliphatic heterocycles. The van der Waals surface area contributed by atoms with Crippen molar-refractivity contribution in [1.82, 2.24) is 9.78 Å². The molecular weight excluding hydrogens is 270 g/mol. The number of allylic oxidation sites excluding steroid dienone is 1. The summed E-state index contributed by atoms with van der Waals surface area (Å²) in [5.74, 6) is -0.236. The third-order valence-corrected chi connectivity index (χ3v) is 2.96. The minimum absolute atomic E-state index is 0.0283. The highest BCUT2D eigenvalue weighted by Crippen LogP contribution is 2.19. The zero-order valence-corrected chi connectivity index (χ0v) is 11.8. The van der Waals surface area contributed by atoms with Crippen molar-refractivity contribution in [1.29, 1.82) is 0 Å². The van der Waals surface area contributed by atoms with E-state index < -0.39 is 4.92 Å². The maximum Gasteiger partial charge on any atom is 0.276 e. The van der Waals surface area contributed by atoms with E-state index in [1.807, 2.05) is 13.8 Å². The fraction of sp³-hybridized carbons (Fsp3) is 0.200. The van der Waals surface area contributed by atoms with Gasteiger partial charge in [-0.1, -0.05) is 12.1 Å². The molecule has 2 aromatic rings. The van der Waals surface area contributed by atoms with Gasteiger partial charge in [0.1, 0.15) is 0 Å². The Hall–Kier alpha value is -2.76. The van der Waals surface area contributed by atoms with Crippen molar-refractivity contribution < 1.29 is 9.72 Å². The van der Waals surface area contributed by atoms with Gasteiger partial charge >= 0.3 is 0 Å². The molecule has 1 aromatic heterocycles. The summed E-state index contributed by atoms with van der Waals surface area (Å²) in [6.45, 7) is 3.93. The van der Waals surface area contributed by atoms with Gasteiger partial charge < -0.3 is 0 Å². The van der Waals surface area contributed by atoms with E-state index in [0.29, 0.717) is 11.1 Å². The number of carbonyl (C=O) groups excluding carboxylic acids is 1. The van der Waals surface area contributed by atoms with Crippen LogP contribution in [0.2, 0.25) is 0 Å². The molecule has 6 nitrogen and oxygen atoms in total. The van der Waals surface area contributed by atoms with Crippen molar-refractivity contribution in [2.24, 2.45) is 0 Å². The number of ketones is 1. The first-order valence-electron chi connectivity index (χ1n) is 6.49. The van der Waals surface area contributed by atoms with Gasteiger partial charge in [-0.05, 0) is 32.1 Å². The molecule has 0 fully saturated rings. The first-order valence-corrected chi connectivity index (χ1v) is 6.49. The van der Waals surface area contributed by atoms with Gasteiger partial charge in [-0.25, -0.2) is 0 Å². The third kappa shape index (κ3) is 3.42. The van der Waals surface area contributed by atoms with Gasteiger partial charge in [0.2, 0.25) is 0 Å². The van der Waals surface area contributed by atoms with Gasteiger partial charge in [-0.3, -0.25) is 19.6 Å². The number of para-hydroxylation sites is 1. The number of nitro groups is 1. The summed E-state index contributed by atoms with van der Waals surface area (Å²) in [7, 11) is 0. The van der Waals surface area contributed by atoms with Crippen LogP contribution in [0, 0.1) is 10.1 Å². The molecule has 0 saturated carbocycles. The molecule has 2 rings (SSSR count). The molecule has 1 heterocycles. The maximum absolute atomic E-state index is 12.0. The molecule has 21 heavy (non-hydrogen) atoms. The Bertz CT molecular complexity index is 702. The second kappa shape index (κ2) is 6.13. The Morgan fingerprint density at radius 2 is 2.10 bits per heavy atom. The lowest BCUT2D eigenvalue weighted by molar-refractivity contribution is -0.385. The smallest absolute Gasteiger partial charge is 0.276 e. The maximum atomic E-state index is 12.0. The average molecular weight is 285 g/mol. The topological polar surface area (TPSA) is 78.0 Å². The van der Waals surface area contributed by atoms with Crippen molar-refractivity contribution >= 4 is 17.5 Å². The Morgan fingerprint density at radius 1 is 1.38 bits per heavy atom. The minimum atomic E-state index is -0.471. The first kappa shape index (κ1) is 14.6. The van der Waals surface area contributed by atoms with Crippen LogP contribution in [0.15, 0.2) is 42.7 Å². The summed E-state index contributed by atoms with van der Waals surface area (Å²) in [5, 5.41) is 15.0. The molecule has 1 aromatic carbocycles. The van der Waals surface area contributed by atoms with Crippen molar-refractivity contribution in [3.05, 3.63) is 64.0 Å². The quantitative estimate of drug-likeness (QED) is 0.365. The van der Waals surface area contributed by atoms with Crippen LogP contribution in [0.1, 0.15) is 35.8 Å². The van der Waals surface area contributed by atoms with Crippen LogP contribution in [0.4, 0.5) is 5.69 Å². The fourth-order valence-corrected chi connectivity index (χ4v) is 1.80. The van der Waals surface area contributed by atoms with Gasteiger partial charge in [0.05, 0.1) is 22.2 Å². The number of hydrogen-bond acceptors (Lipinski definition) is 4. The van der Waals surface area contributed by atoms with Crippen LogP contribution in [0.3, 0.4) is 0 Å². The van der Waals surface area contributed by atoms with Gasteiger partial charge in [-0.15, -0.1) is 0 Å². The number of benzene rings is 1. The molecule has 108 valence electrons. The average Bonchev–Trinajstić information content (AvgIpc) is 2.95. The number of nitrogens with zero attached hydrogens (tertiary/aromatic N) is 3. The first-order chi connectivity index (χ1) is 9.99. The number of hydrogen-bond donors (Lipinski definition) is 0. The summed E-state index contributed by atoms with van der Waals surface area (Å²) >= 11 is 0. The summed E-state index contributed by atoms with van der Waals surface area (Å²) in [6.07, 6.45) is 5.93. The summed E-state index contributed by atoms with van der Waals surface area (Å²) < 4.78 is 1.69. The van der Waals surface area contributed by atoms with E-state index in [4.69, 9.17) is 0 Å². The van der Waals surface area contributed by atoms with E-state index in [9.17, 15) is 14.9 Å². The number of rotatable bonds is 5. The second-order valence-electron chi connectivity index (χ2n) is 4.82. The number of carbonyl (C=O) groups is 1. The highest BCUT2D eigenvalue weighted by atomic mass is 16.6. The molecule has 6 heteroatoms. The Morgan fingerprint density at radius 3 is 2.71 bits per heavy atom. The molecule has 0 atom stereocenters. The van der Waals surface area contributed by atoms with E-state index in [0.717, 1.165) is 0 Å². The van der Waals surface area contributed by atoms with Crippen LogP contribution >= 0.6 is 0 Å². The zero-order chi connectivity index (χ0) is 15.4. The van der Waals surface area contributed by atoms with E-state index in [-0.39, 0.29) is 17.5 Å². The second-order valence-corrected chi connectivity index (χ2v) is 4.82. The standard InChI is InChI=1S/C15H15N3O3/c1-11(2)17-10-13(9-16-17)15(19)8-7-12-5-3-4-6-14(12)18(20)21/h3-11H,1-2H3. The van der Waals surface area contributed by atoms with Crippen LogP contribution in [0.25, 0.3) is 6.08 Å². The van der Waals surface area contributed by atoms with Gasteiger partial charge in [0.15, 0.2) is 5.78 Å². The van der Waals surface area contributed by atoms with Gasteiger partial charge in [0.25, 0.3) is 5.69 Å². The molecule has 0 radical (unpaired) electrons. The van der Waals surface area contributed by atoms with Crippen LogP contribution in [-0.4, -0.2) is 20.5 Å². The molecule has 0 unspecified atom stereocenters. The van der Waals surface area contributed by atoms with Crippen LogP contribution < -0.4 is 0 Å². The van der Waals surface area contributed by atoms with Crippen molar-refractivity contribution in [2.75, 3.05) is 0 Å². The number of aromatic nitrogens is 2. The predicted octanol–water partition coefficient (Wildman–Crippen LogP) is 3.27. The molecule has 0 aliphatic carbocycles. The van der Waals surface area contributed by atoms with E-state index in [2.05, 4.69) is 5.10 Å². The lowest BCUT2D eigenvalue weighted by Gasteiger charge is -2.02. The monoisotopic (exact) mass is 285 g/mol. The summed E-state index contributed by atoms with van der Waals surface area (Å²) in [4.78, 5) is 22.4. The Labute approximate surface area is 121 Å². The van der Waals surface area contributed by atoms with E-state index in [1.165, 1.54) is 24.4 Å². The van der Waals surface area contributed by atoms with Gasteiger partial charge in [-0.2, -0.15) is 5.10 Å². The van der Waals surface area contributed by atoms with Crippen LogP contribution in [-0.2, 0) is 0 Å². The zero-order valence-electron chi connectivity index (χ0n) is 11.8. The van der Waals surface area contributed by atoms with Crippen molar-refractivity contribution in [3.8, 4) is 0 Å².